The highest BCUT2D eigenvalue weighted by Gasteiger charge is 2.34. The number of rotatable bonds is 4. The van der Waals surface area contributed by atoms with E-state index in [-0.39, 0.29) is 5.91 Å². The average molecular weight is 353 g/mol. The molecule has 0 bridgehead atoms. The van der Waals surface area contributed by atoms with Crippen LogP contribution in [-0.2, 0) is 12.8 Å². The van der Waals surface area contributed by atoms with Gasteiger partial charge in [0.2, 0.25) is 0 Å². The number of carbonyl (C=O) groups is 1. The second-order valence-corrected chi connectivity index (χ2v) is 7.27. The molecule has 2 heterocycles. The Morgan fingerprint density at radius 3 is 2.77 bits per heavy atom. The quantitative estimate of drug-likeness (QED) is 0.829. The first-order chi connectivity index (χ1) is 12.7. The van der Waals surface area contributed by atoms with E-state index in [1.807, 2.05) is 29.2 Å². The number of carbonyl (C=O) groups excluding carboxylic acids is 1. The van der Waals surface area contributed by atoms with Crippen molar-refractivity contribution in [3.63, 3.8) is 0 Å². The minimum Gasteiger partial charge on any atom is -0.497 e. The van der Waals surface area contributed by atoms with E-state index in [2.05, 4.69) is 11.6 Å². The number of hydrogen-bond donors (Lipinski definition) is 0. The molecule has 1 saturated carbocycles. The van der Waals surface area contributed by atoms with Crippen molar-refractivity contribution in [1.82, 2.24) is 9.78 Å². The Bertz CT molecular complexity index is 806. The van der Waals surface area contributed by atoms with Crippen LogP contribution in [0, 0.1) is 0 Å². The Hall–Kier alpha value is -2.30. The smallest absolute Gasteiger partial charge is 0.276 e. The molecule has 1 fully saturated rings. The number of aromatic nitrogens is 2. The van der Waals surface area contributed by atoms with Gasteiger partial charge < -0.3 is 9.64 Å². The zero-order chi connectivity index (χ0) is 18.1. The number of fused-ring (bicyclic) bond motifs is 1. The highest BCUT2D eigenvalue weighted by Crippen LogP contribution is 2.34. The number of hydrogen-bond acceptors (Lipinski definition) is 3. The first-order valence-electron chi connectivity index (χ1n) is 9.79. The fourth-order valence-corrected chi connectivity index (χ4v) is 4.36. The number of amides is 1. The van der Waals surface area contributed by atoms with Gasteiger partial charge in [0.1, 0.15) is 11.4 Å². The Labute approximate surface area is 154 Å². The summed E-state index contributed by atoms with van der Waals surface area (Å²) in [4.78, 5) is 15.3. The van der Waals surface area contributed by atoms with Crippen LogP contribution < -0.4 is 9.64 Å². The van der Waals surface area contributed by atoms with Gasteiger partial charge in [-0.1, -0.05) is 32.3 Å². The van der Waals surface area contributed by atoms with E-state index in [1.165, 1.54) is 24.8 Å². The van der Waals surface area contributed by atoms with E-state index in [9.17, 15) is 4.79 Å². The van der Waals surface area contributed by atoms with Gasteiger partial charge in [-0.15, -0.1) is 0 Å². The second kappa shape index (κ2) is 7.14. The van der Waals surface area contributed by atoms with Crippen LogP contribution in [0.1, 0.15) is 66.8 Å². The van der Waals surface area contributed by atoms with Crippen LogP contribution in [0.25, 0.3) is 0 Å². The van der Waals surface area contributed by atoms with Crippen molar-refractivity contribution < 1.29 is 9.53 Å². The largest absolute Gasteiger partial charge is 0.497 e. The lowest BCUT2D eigenvalue weighted by molar-refractivity contribution is 0.0965. The molecule has 2 aromatic rings. The number of benzene rings is 1. The first kappa shape index (κ1) is 17.1. The fraction of sp³-hybridized carbons (Fsp3) is 0.524. The predicted octanol–water partition coefficient (Wildman–Crippen LogP) is 4.16. The number of anilines is 1. The average Bonchev–Trinajstić information content (AvgIpc) is 3.08. The summed E-state index contributed by atoms with van der Waals surface area (Å²) < 4.78 is 7.41. The highest BCUT2D eigenvalue weighted by atomic mass is 16.5. The molecular weight excluding hydrogens is 326 g/mol. The monoisotopic (exact) mass is 353 g/mol. The maximum Gasteiger partial charge on any atom is 0.276 e. The van der Waals surface area contributed by atoms with E-state index in [4.69, 9.17) is 9.84 Å². The van der Waals surface area contributed by atoms with E-state index in [0.717, 1.165) is 48.5 Å². The van der Waals surface area contributed by atoms with Crippen molar-refractivity contribution in [2.24, 2.45) is 0 Å². The predicted molar refractivity (Wildman–Crippen MR) is 102 cm³/mol. The molecule has 5 nitrogen and oxygen atoms in total. The van der Waals surface area contributed by atoms with Crippen molar-refractivity contribution in [2.75, 3.05) is 18.6 Å². The molecule has 2 aliphatic rings. The summed E-state index contributed by atoms with van der Waals surface area (Å²) >= 11 is 0. The van der Waals surface area contributed by atoms with E-state index < -0.39 is 0 Å². The van der Waals surface area contributed by atoms with Crippen LogP contribution in [0.3, 0.4) is 0 Å². The molecular formula is C21H27N3O2. The normalized spacial score (nSPS) is 18.1. The molecule has 0 N–H and O–H groups in total. The molecule has 1 aromatic heterocycles. The maximum absolute atomic E-state index is 13.4. The molecule has 0 radical (unpaired) electrons. The molecule has 1 amide bonds. The summed E-state index contributed by atoms with van der Waals surface area (Å²) in [7, 11) is 1.65. The third-order valence-corrected chi connectivity index (χ3v) is 5.75. The highest BCUT2D eigenvalue weighted by molar-refractivity contribution is 6.07. The molecule has 4 rings (SSSR count). The molecule has 0 spiro atoms. The fourth-order valence-electron chi connectivity index (χ4n) is 4.36. The van der Waals surface area contributed by atoms with Crippen LogP contribution in [0.15, 0.2) is 24.3 Å². The third-order valence-electron chi connectivity index (χ3n) is 5.75. The van der Waals surface area contributed by atoms with Crippen molar-refractivity contribution >= 4 is 11.6 Å². The minimum atomic E-state index is 0.0808. The van der Waals surface area contributed by atoms with E-state index in [0.29, 0.717) is 12.6 Å². The summed E-state index contributed by atoms with van der Waals surface area (Å²) in [6.07, 6.45) is 7.77. The number of aryl methyl sites for hydroxylation is 1. The van der Waals surface area contributed by atoms with Gasteiger partial charge in [-0.05, 0) is 37.8 Å². The summed E-state index contributed by atoms with van der Waals surface area (Å²) in [5.41, 5.74) is 3.99. The van der Waals surface area contributed by atoms with Crippen LogP contribution in [0.4, 0.5) is 5.69 Å². The molecule has 0 saturated heterocycles. The van der Waals surface area contributed by atoms with Gasteiger partial charge in [-0.3, -0.25) is 9.48 Å². The molecule has 1 aliphatic carbocycles. The lowest BCUT2D eigenvalue weighted by Gasteiger charge is -2.30. The third kappa shape index (κ3) is 2.89. The van der Waals surface area contributed by atoms with Crippen molar-refractivity contribution in [3.8, 4) is 5.75 Å². The zero-order valence-corrected chi connectivity index (χ0v) is 15.7. The van der Waals surface area contributed by atoms with Crippen LogP contribution in [-0.4, -0.2) is 29.3 Å². The molecule has 0 unspecified atom stereocenters. The summed E-state index contributed by atoms with van der Waals surface area (Å²) in [6, 6.07) is 8.13. The Balaban J connectivity index is 1.73. The Morgan fingerprint density at radius 2 is 2.04 bits per heavy atom. The maximum atomic E-state index is 13.4. The number of ether oxygens (including phenoxy) is 1. The standard InChI is InChI=1S/C21H27N3O2/c1-3-19-18-12-13-23(16-10-7-11-17(14-16)26-2)21(25)20(18)24(22-19)15-8-5-4-6-9-15/h7,10-11,14-15H,3-6,8-9,12-13H2,1-2H3. The summed E-state index contributed by atoms with van der Waals surface area (Å²) in [5.74, 6) is 0.855. The Kier molecular flexibility index (Phi) is 4.70. The molecule has 0 atom stereocenters. The van der Waals surface area contributed by atoms with Gasteiger partial charge >= 0.3 is 0 Å². The van der Waals surface area contributed by atoms with Gasteiger partial charge in [0, 0.05) is 23.9 Å². The summed E-state index contributed by atoms with van der Waals surface area (Å²) in [6.45, 7) is 2.83. The lowest BCUT2D eigenvalue weighted by atomic mass is 9.94. The van der Waals surface area contributed by atoms with E-state index in [1.54, 1.807) is 7.11 Å². The SMILES string of the molecule is CCc1nn(C2CCCCC2)c2c1CCN(c1cccc(OC)c1)C2=O. The van der Waals surface area contributed by atoms with E-state index >= 15 is 0 Å². The van der Waals surface area contributed by atoms with Gasteiger partial charge in [0.25, 0.3) is 5.91 Å². The summed E-state index contributed by atoms with van der Waals surface area (Å²) in [5, 5.41) is 4.89. The first-order valence-corrected chi connectivity index (χ1v) is 9.79. The molecule has 5 heteroatoms. The topological polar surface area (TPSA) is 47.4 Å². The second-order valence-electron chi connectivity index (χ2n) is 7.27. The molecule has 26 heavy (non-hydrogen) atoms. The molecule has 1 aliphatic heterocycles. The van der Waals surface area contributed by atoms with Crippen LogP contribution in [0.5, 0.6) is 5.75 Å². The lowest BCUT2D eigenvalue weighted by Crippen LogP contribution is -2.39. The van der Waals surface area contributed by atoms with Gasteiger partial charge in [-0.25, -0.2) is 0 Å². The van der Waals surface area contributed by atoms with Crippen LogP contribution >= 0.6 is 0 Å². The minimum absolute atomic E-state index is 0.0808. The number of methoxy groups -OCH3 is 1. The Morgan fingerprint density at radius 1 is 1.23 bits per heavy atom. The van der Waals surface area contributed by atoms with Gasteiger partial charge in [0.05, 0.1) is 18.8 Å². The zero-order valence-electron chi connectivity index (χ0n) is 15.7. The van der Waals surface area contributed by atoms with Crippen molar-refractivity contribution in [3.05, 3.63) is 41.2 Å². The van der Waals surface area contributed by atoms with Gasteiger partial charge in [0.15, 0.2) is 0 Å². The molecule has 138 valence electrons. The van der Waals surface area contributed by atoms with Crippen molar-refractivity contribution in [1.29, 1.82) is 0 Å². The van der Waals surface area contributed by atoms with Crippen molar-refractivity contribution in [2.45, 2.75) is 57.9 Å². The number of nitrogens with zero attached hydrogens (tertiary/aromatic N) is 3. The molecule has 1 aromatic carbocycles. The van der Waals surface area contributed by atoms with Crippen LogP contribution in [0.2, 0.25) is 0 Å². The van der Waals surface area contributed by atoms with Gasteiger partial charge in [-0.2, -0.15) is 5.10 Å².